The molecule has 0 heterocycles. The zero-order valence-electron chi connectivity index (χ0n) is 7.85. The summed E-state index contributed by atoms with van der Waals surface area (Å²) >= 11 is 0. The largest absolute Gasteiger partial charge is 0.318 e. The van der Waals surface area contributed by atoms with Crippen molar-refractivity contribution < 1.29 is 18.0 Å². The standard InChI is InChI=1S/C10H8F3NO/c1-2-3-9(15)14-10-7(12)4-6(11)5-8(10)13/h2-5H,1H3,(H,14,15)/b3-2+. The van der Waals surface area contributed by atoms with Crippen LogP contribution in [0.3, 0.4) is 0 Å². The summed E-state index contributed by atoms with van der Waals surface area (Å²) in [6.45, 7) is 1.58. The Balaban J connectivity index is 3.00. The smallest absolute Gasteiger partial charge is 0.248 e. The van der Waals surface area contributed by atoms with Crippen molar-refractivity contribution in [2.45, 2.75) is 6.92 Å². The van der Waals surface area contributed by atoms with E-state index in [1.54, 1.807) is 6.92 Å². The van der Waals surface area contributed by atoms with Crippen LogP contribution in [-0.4, -0.2) is 5.91 Å². The first kappa shape index (κ1) is 11.3. The first-order valence-electron chi connectivity index (χ1n) is 4.13. The Labute approximate surface area is 84.4 Å². The number of carbonyl (C=O) groups is 1. The van der Waals surface area contributed by atoms with Gasteiger partial charge in [0.25, 0.3) is 0 Å². The zero-order chi connectivity index (χ0) is 11.4. The van der Waals surface area contributed by atoms with Crippen molar-refractivity contribution in [3.8, 4) is 0 Å². The maximum absolute atomic E-state index is 13.0. The number of amides is 1. The molecule has 0 bridgehead atoms. The average Bonchev–Trinajstić information content (AvgIpc) is 2.11. The third-order valence-corrected chi connectivity index (χ3v) is 1.57. The minimum Gasteiger partial charge on any atom is -0.318 e. The number of hydrogen-bond donors (Lipinski definition) is 1. The number of hydrogen-bond acceptors (Lipinski definition) is 1. The summed E-state index contributed by atoms with van der Waals surface area (Å²) in [6, 6.07) is 0.989. The lowest BCUT2D eigenvalue weighted by molar-refractivity contribution is -0.112. The molecule has 1 N–H and O–H groups in total. The fourth-order valence-corrected chi connectivity index (χ4v) is 0.978. The molecule has 0 saturated carbocycles. The summed E-state index contributed by atoms with van der Waals surface area (Å²) in [5.41, 5.74) is -0.653. The second-order valence-corrected chi connectivity index (χ2v) is 2.73. The number of rotatable bonds is 2. The number of benzene rings is 1. The Hall–Kier alpha value is -1.78. The molecular formula is C10H8F3NO. The molecule has 15 heavy (non-hydrogen) atoms. The molecule has 0 aromatic heterocycles. The minimum absolute atomic E-state index is 0.494. The highest BCUT2D eigenvalue weighted by Crippen LogP contribution is 2.19. The second kappa shape index (κ2) is 4.63. The van der Waals surface area contributed by atoms with Crippen molar-refractivity contribution >= 4 is 11.6 Å². The van der Waals surface area contributed by atoms with E-state index in [0.29, 0.717) is 12.1 Å². The average molecular weight is 215 g/mol. The number of nitrogens with one attached hydrogen (secondary N) is 1. The topological polar surface area (TPSA) is 29.1 Å². The van der Waals surface area contributed by atoms with E-state index in [1.165, 1.54) is 6.08 Å². The summed E-state index contributed by atoms with van der Waals surface area (Å²) < 4.78 is 38.5. The van der Waals surface area contributed by atoms with Crippen LogP contribution < -0.4 is 5.32 Å². The second-order valence-electron chi connectivity index (χ2n) is 2.73. The van der Waals surface area contributed by atoms with Gasteiger partial charge in [-0.25, -0.2) is 13.2 Å². The molecule has 0 aliphatic heterocycles. The predicted molar refractivity (Wildman–Crippen MR) is 49.8 cm³/mol. The summed E-state index contributed by atoms with van der Waals surface area (Å²) in [4.78, 5) is 11.0. The molecule has 1 amide bonds. The molecule has 2 nitrogen and oxygen atoms in total. The lowest BCUT2D eigenvalue weighted by Crippen LogP contribution is -2.11. The molecule has 0 unspecified atom stereocenters. The Kier molecular flexibility index (Phi) is 3.49. The van der Waals surface area contributed by atoms with E-state index in [1.807, 2.05) is 5.32 Å². The van der Waals surface area contributed by atoms with Gasteiger partial charge < -0.3 is 5.32 Å². The highest BCUT2D eigenvalue weighted by molar-refractivity contribution is 5.99. The van der Waals surface area contributed by atoms with Crippen molar-refractivity contribution in [1.29, 1.82) is 0 Å². The molecular weight excluding hydrogens is 207 g/mol. The predicted octanol–water partition coefficient (Wildman–Crippen LogP) is 2.62. The first-order valence-corrected chi connectivity index (χ1v) is 4.13. The van der Waals surface area contributed by atoms with Gasteiger partial charge in [0, 0.05) is 12.1 Å². The number of anilines is 1. The molecule has 0 aliphatic rings. The highest BCUT2D eigenvalue weighted by atomic mass is 19.1. The molecule has 1 aromatic rings. The van der Waals surface area contributed by atoms with Gasteiger partial charge in [-0.3, -0.25) is 4.79 Å². The van der Waals surface area contributed by atoms with E-state index in [2.05, 4.69) is 0 Å². The fourth-order valence-electron chi connectivity index (χ4n) is 0.978. The molecule has 0 spiro atoms. The van der Waals surface area contributed by atoms with E-state index in [0.717, 1.165) is 6.08 Å². The number of allylic oxidation sites excluding steroid dienone is 1. The van der Waals surface area contributed by atoms with Gasteiger partial charge in [-0.2, -0.15) is 0 Å². The SMILES string of the molecule is C/C=C/C(=O)Nc1c(F)cc(F)cc1F. The number of carbonyl (C=O) groups excluding carboxylic acids is 1. The van der Waals surface area contributed by atoms with Crippen molar-refractivity contribution in [3.05, 3.63) is 41.7 Å². The Bertz CT molecular complexity index is 392. The van der Waals surface area contributed by atoms with Gasteiger partial charge in [0.15, 0.2) is 11.6 Å². The van der Waals surface area contributed by atoms with Gasteiger partial charge in [-0.15, -0.1) is 0 Å². The maximum atomic E-state index is 13.0. The van der Waals surface area contributed by atoms with Crippen LogP contribution in [0.15, 0.2) is 24.3 Å². The Morgan fingerprint density at radius 1 is 1.27 bits per heavy atom. The van der Waals surface area contributed by atoms with Crippen LogP contribution in [0, 0.1) is 17.5 Å². The van der Waals surface area contributed by atoms with Crippen LogP contribution in [0.5, 0.6) is 0 Å². The van der Waals surface area contributed by atoms with Crippen LogP contribution >= 0.6 is 0 Å². The van der Waals surface area contributed by atoms with E-state index in [9.17, 15) is 18.0 Å². The summed E-state index contributed by atoms with van der Waals surface area (Å²) in [5.74, 6) is -4.01. The molecule has 0 atom stereocenters. The van der Waals surface area contributed by atoms with E-state index >= 15 is 0 Å². The molecule has 1 rings (SSSR count). The van der Waals surface area contributed by atoms with Crippen molar-refractivity contribution in [2.24, 2.45) is 0 Å². The molecule has 0 aliphatic carbocycles. The van der Waals surface area contributed by atoms with Gasteiger partial charge in [0.1, 0.15) is 11.5 Å². The van der Waals surface area contributed by atoms with E-state index in [-0.39, 0.29) is 0 Å². The normalized spacial score (nSPS) is 10.7. The van der Waals surface area contributed by atoms with Gasteiger partial charge in [-0.05, 0) is 13.0 Å². The van der Waals surface area contributed by atoms with Gasteiger partial charge >= 0.3 is 0 Å². The molecule has 1 aromatic carbocycles. The van der Waals surface area contributed by atoms with E-state index in [4.69, 9.17) is 0 Å². The van der Waals surface area contributed by atoms with Crippen LogP contribution in [0.25, 0.3) is 0 Å². The Morgan fingerprint density at radius 3 is 2.27 bits per heavy atom. The van der Waals surface area contributed by atoms with Gasteiger partial charge in [0.2, 0.25) is 5.91 Å². The third-order valence-electron chi connectivity index (χ3n) is 1.57. The van der Waals surface area contributed by atoms with E-state index < -0.39 is 29.0 Å². The lowest BCUT2D eigenvalue weighted by atomic mass is 10.2. The molecule has 0 saturated heterocycles. The van der Waals surface area contributed by atoms with Crippen LogP contribution in [0.2, 0.25) is 0 Å². The molecule has 80 valence electrons. The highest BCUT2D eigenvalue weighted by Gasteiger charge is 2.12. The van der Waals surface area contributed by atoms with Gasteiger partial charge in [-0.1, -0.05) is 6.08 Å². The number of halogens is 3. The first-order chi connectivity index (χ1) is 7.04. The Morgan fingerprint density at radius 2 is 1.80 bits per heavy atom. The molecule has 0 fully saturated rings. The molecule has 0 radical (unpaired) electrons. The van der Waals surface area contributed by atoms with Crippen molar-refractivity contribution in [2.75, 3.05) is 5.32 Å². The maximum Gasteiger partial charge on any atom is 0.248 e. The quantitative estimate of drug-likeness (QED) is 0.755. The summed E-state index contributed by atoms with van der Waals surface area (Å²) in [6.07, 6.45) is 2.51. The third kappa shape index (κ3) is 2.83. The van der Waals surface area contributed by atoms with Crippen LogP contribution in [-0.2, 0) is 4.79 Å². The van der Waals surface area contributed by atoms with Crippen LogP contribution in [0.1, 0.15) is 6.92 Å². The molecule has 5 heteroatoms. The lowest BCUT2D eigenvalue weighted by Gasteiger charge is -2.05. The van der Waals surface area contributed by atoms with Gasteiger partial charge in [0.05, 0.1) is 0 Å². The minimum atomic E-state index is -1.15. The van der Waals surface area contributed by atoms with Crippen molar-refractivity contribution in [1.82, 2.24) is 0 Å². The van der Waals surface area contributed by atoms with Crippen molar-refractivity contribution in [3.63, 3.8) is 0 Å². The fraction of sp³-hybridized carbons (Fsp3) is 0.100. The summed E-state index contributed by atoms with van der Waals surface area (Å²) in [5, 5.41) is 1.96. The zero-order valence-corrected chi connectivity index (χ0v) is 7.85. The summed E-state index contributed by atoms with van der Waals surface area (Å²) in [7, 11) is 0. The monoisotopic (exact) mass is 215 g/mol. The van der Waals surface area contributed by atoms with Crippen LogP contribution in [0.4, 0.5) is 18.9 Å².